The molecule has 0 radical (unpaired) electrons. The molecule has 1 aliphatic heterocycles. The van der Waals surface area contributed by atoms with Crippen LogP contribution in [0.25, 0.3) is 0 Å². The zero-order valence-corrected chi connectivity index (χ0v) is 16.2. The highest BCUT2D eigenvalue weighted by Crippen LogP contribution is 2.29. The van der Waals surface area contributed by atoms with Gasteiger partial charge in [0.2, 0.25) is 5.88 Å². The molecule has 1 aromatic heterocycles. The third-order valence-electron chi connectivity index (χ3n) is 4.82. The molecule has 1 saturated heterocycles. The van der Waals surface area contributed by atoms with Gasteiger partial charge in [-0.15, -0.1) is 0 Å². The molecule has 29 heavy (non-hydrogen) atoms. The zero-order chi connectivity index (χ0) is 21.3. The van der Waals surface area contributed by atoms with Crippen LogP contribution >= 0.6 is 0 Å². The van der Waals surface area contributed by atoms with Gasteiger partial charge in [-0.2, -0.15) is 5.26 Å². The lowest BCUT2D eigenvalue weighted by Gasteiger charge is -2.18. The molecular formula is C19H17N3O6S. The Morgan fingerprint density at radius 1 is 1.34 bits per heavy atom. The fourth-order valence-corrected chi connectivity index (χ4v) is 4.94. The fraction of sp³-hybridized carbons (Fsp3) is 0.263. The van der Waals surface area contributed by atoms with E-state index in [1.54, 1.807) is 0 Å². The van der Waals surface area contributed by atoms with Crippen molar-refractivity contribution in [3.8, 4) is 11.9 Å². The second-order valence-electron chi connectivity index (χ2n) is 6.69. The van der Waals surface area contributed by atoms with E-state index in [-0.39, 0.29) is 40.2 Å². The van der Waals surface area contributed by atoms with Crippen molar-refractivity contribution in [3.05, 3.63) is 56.9 Å². The highest BCUT2D eigenvalue weighted by atomic mass is 32.2. The minimum absolute atomic E-state index is 0.0886. The predicted octanol–water partition coefficient (Wildman–Crippen LogP) is 1.54. The Kier molecular flexibility index (Phi) is 5.26. The lowest BCUT2D eigenvalue weighted by molar-refractivity contribution is 0.0697. The number of pyridine rings is 1. The maximum absolute atomic E-state index is 12.7. The standard InChI is InChI=1S/C19H17N3O6S/c1-11-15(8-20)17(23)22(14-6-7-29(27,28)10-14)18(24)16(11)9-21-13-4-2-12(3-5-13)19(25)26/h2-5,9,14,24H,6-7,10H2,1H3,(H,25,26)/t14-/m0/s1. The molecule has 1 fully saturated rings. The average molecular weight is 415 g/mol. The molecule has 0 aliphatic carbocycles. The molecule has 150 valence electrons. The van der Waals surface area contributed by atoms with Crippen molar-refractivity contribution in [1.29, 1.82) is 5.26 Å². The summed E-state index contributed by atoms with van der Waals surface area (Å²) in [4.78, 5) is 27.7. The molecule has 2 N–H and O–H groups in total. The molecule has 0 amide bonds. The number of carboxylic acid groups (broad SMARTS) is 1. The molecule has 10 heteroatoms. The van der Waals surface area contributed by atoms with E-state index in [4.69, 9.17) is 5.11 Å². The van der Waals surface area contributed by atoms with E-state index >= 15 is 0 Å². The minimum atomic E-state index is -3.32. The van der Waals surface area contributed by atoms with Gasteiger partial charge in [0.1, 0.15) is 11.6 Å². The monoisotopic (exact) mass is 415 g/mol. The number of nitriles is 1. The first-order valence-electron chi connectivity index (χ1n) is 8.60. The summed E-state index contributed by atoms with van der Waals surface area (Å²) in [6.07, 6.45) is 1.43. The van der Waals surface area contributed by atoms with E-state index in [0.717, 1.165) is 4.57 Å². The van der Waals surface area contributed by atoms with Gasteiger partial charge in [0.05, 0.1) is 34.4 Å². The molecule has 9 nitrogen and oxygen atoms in total. The van der Waals surface area contributed by atoms with Gasteiger partial charge in [-0.05, 0) is 43.2 Å². The first kappa shape index (κ1) is 20.3. The Labute approximate surface area is 166 Å². The third-order valence-corrected chi connectivity index (χ3v) is 6.57. The summed E-state index contributed by atoms with van der Waals surface area (Å²) < 4.78 is 24.5. The Hall–Kier alpha value is -3.45. The van der Waals surface area contributed by atoms with Gasteiger partial charge in [-0.3, -0.25) is 14.4 Å². The van der Waals surface area contributed by atoms with Crippen LogP contribution in [0.4, 0.5) is 5.69 Å². The van der Waals surface area contributed by atoms with Crippen LogP contribution in [-0.4, -0.2) is 46.9 Å². The fourth-order valence-electron chi connectivity index (χ4n) is 3.24. The number of aromatic carboxylic acids is 1. The van der Waals surface area contributed by atoms with Crippen LogP contribution in [0, 0.1) is 18.3 Å². The molecule has 0 spiro atoms. The summed E-state index contributed by atoms with van der Waals surface area (Å²) in [5.74, 6) is -1.92. The predicted molar refractivity (Wildman–Crippen MR) is 105 cm³/mol. The summed E-state index contributed by atoms with van der Waals surface area (Å²) >= 11 is 0. The molecule has 1 aliphatic rings. The number of rotatable bonds is 4. The lowest BCUT2D eigenvalue weighted by Crippen LogP contribution is -2.29. The minimum Gasteiger partial charge on any atom is -0.494 e. The molecule has 1 aromatic carbocycles. The van der Waals surface area contributed by atoms with Crippen LogP contribution in [0.1, 0.15) is 39.5 Å². The Morgan fingerprint density at radius 3 is 2.52 bits per heavy atom. The van der Waals surface area contributed by atoms with Gasteiger partial charge >= 0.3 is 5.97 Å². The van der Waals surface area contributed by atoms with Gasteiger partial charge in [0, 0.05) is 6.21 Å². The second-order valence-corrected chi connectivity index (χ2v) is 8.92. The van der Waals surface area contributed by atoms with Gasteiger partial charge in [-0.1, -0.05) is 0 Å². The molecule has 0 bridgehead atoms. The highest BCUT2D eigenvalue weighted by molar-refractivity contribution is 7.91. The van der Waals surface area contributed by atoms with E-state index in [1.807, 2.05) is 6.07 Å². The molecule has 3 rings (SSSR count). The van der Waals surface area contributed by atoms with Crippen molar-refractivity contribution in [2.75, 3.05) is 11.5 Å². The number of hydrogen-bond donors (Lipinski definition) is 2. The van der Waals surface area contributed by atoms with E-state index in [0.29, 0.717) is 5.69 Å². The van der Waals surface area contributed by atoms with Crippen molar-refractivity contribution in [2.45, 2.75) is 19.4 Å². The first-order chi connectivity index (χ1) is 13.6. The Balaban J connectivity index is 2.09. The van der Waals surface area contributed by atoms with Crippen LogP contribution in [0.3, 0.4) is 0 Å². The molecule has 0 saturated carbocycles. The topological polar surface area (TPSA) is 150 Å². The summed E-state index contributed by atoms with van der Waals surface area (Å²) in [6.45, 7) is 1.49. The van der Waals surface area contributed by atoms with E-state index in [1.165, 1.54) is 37.4 Å². The van der Waals surface area contributed by atoms with E-state index in [9.17, 15) is 28.4 Å². The van der Waals surface area contributed by atoms with Gasteiger partial charge in [-0.25, -0.2) is 13.2 Å². The Morgan fingerprint density at radius 2 is 2.00 bits per heavy atom. The molecule has 2 heterocycles. The maximum Gasteiger partial charge on any atom is 0.335 e. The van der Waals surface area contributed by atoms with Crippen molar-refractivity contribution in [2.24, 2.45) is 4.99 Å². The van der Waals surface area contributed by atoms with Gasteiger partial charge in [0.15, 0.2) is 9.84 Å². The number of sulfone groups is 1. The Bertz CT molecular complexity index is 1220. The first-order valence-corrected chi connectivity index (χ1v) is 10.4. The average Bonchev–Trinajstić information content (AvgIpc) is 3.01. The second kappa shape index (κ2) is 7.52. The van der Waals surface area contributed by atoms with E-state index < -0.39 is 33.3 Å². The van der Waals surface area contributed by atoms with E-state index in [2.05, 4.69) is 4.99 Å². The normalized spacial score (nSPS) is 18.0. The van der Waals surface area contributed by atoms with Crippen LogP contribution < -0.4 is 5.56 Å². The van der Waals surface area contributed by atoms with Crippen LogP contribution in [0.15, 0.2) is 34.1 Å². The number of carbonyl (C=O) groups is 1. The van der Waals surface area contributed by atoms with Gasteiger partial charge < -0.3 is 10.2 Å². The lowest BCUT2D eigenvalue weighted by atomic mass is 10.0. The SMILES string of the molecule is Cc1c(C=Nc2ccc(C(=O)O)cc2)c(O)n([C@H]2CCS(=O)(=O)C2)c(=O)c1C#N. The van der Waals surface area contributed by atoms with Crippen molar-refractivity contribution < 1.29 is 23.4 Å². The molecular weight excluding hydrogens is 398 g/mol. The number of aromatic hydroxyl groups is 1. The van der Waals surface area contributed by atoms with Crippen molar-refractivity contribution in [1.82, 2.24) is 4.57 Å². The van der Waals surface area contributed by atoms with Crippen LogP contribution in [0.5, 0.6) is 5.88 Å². The molecule has 1 atom stereocenters. The number of hydrogen-bond acceptors (Lipinski definition) is 7. The third kappa shape index (κ3) is 3.90. The number of carboxylic acids is 1. The smallest absolute Gasteiger partial charge is 0.335 e. The quantitative estimate of drug-likeness (QED) is 0.719. The maximum atomic E-state index is 12.7. The van der Waals surface area contributed by atoms with Crippen LogP contribution in [-0.2, 0) is 9.84 Å². The number of aromatic nitrogens is 1. The van der Waals surface area contributed by atoms with Gasteiger partial charge in [0.25, 0.3) is 5.56 Å². The summed E-state index contributed by atoms with van der Waals surface area (Å²) in [7, 11) is -3.32. The molecule has 0 unspecified atom stereocenters. The highest BCUT2D eigenvalue weighted by Gasteiger charge is 2.33. The number of nitrogens with zero attached hydrogens (tertiary/aromatic N) is 3. The number of benzene rings is 1. The number of aliphatic imine (C=N–C) groups is 1. The summed E-state index contributed by atoms with van der Waals surface area (Å²) in [6, 6.07) is 6.73. The van der Waals surface area contributed by atoms with Crippen molar-refractivity contribution in [3.63, 3.8) is 0 Å². The summed E-state index contributed by atoms with van der Waals surface area (Å²) in [5.41, 5.74) is -0.118. The van der Waals surface area contributed by atoms with Crippen molar-refractivity contribution >= 4 is 27.7 Å². The zero-order valence-electron chi connectivity index (χ0n) is 15.4. The summed E-state index contributed by atoms with van der Waals surface area (Å²) in [5, 5.41) is 29.0. The molecule has 2 aromatic rings. The van der Waals surface area contributed by atoms with Crippen LogP contribution in [0.2, 0.25) is 0 Å². The largest absolute Gasteiger partial charge is 0.494 e.